The molecule has 0 bridgehead atoms. The van der Waals surface area contributed by atoms with Gasteiger partial charge in [-0.25, -0.2) is 9.78 Å². The molecule has 1 aromatic carbocycles. The molecular formula is C15H20N4O2. The molecule has 0 aliphatic heterocycles. The van der Waals surface area contributed by atoms with Gasteiger partial charge in [0.15, 0.2) is 0 Å². The lowest BCUT2D eigenvalue weighted by molar-refractivity contribution is 0.0497. The molecule has 0 saturated carbocycles. The minimum atomic E-state index is -0.350. The maximum atomic E-state index is 12.2. The Hall–Kier alpha value is -2.50. The highest BCUT2D eigenvalue weighted by atomic mass is 16.5. The molecule has 2 aromatic rings. The number of carbonyl (C=O) groups excluding carboxylic acids is 1. The predicted molar refractivity (Wildman–Crippen MR) is 82.3 cm³/mol. The number of nitrogens with two attached hydrogens (primary N) is 1. The molecule has 112 valence electrons. The molecule has 0 unspecified atom stereocenters. The van der Waals surface area contributed by atoms with Gasteiger partial charge in [0.05, 0.1) is 24.2 Å². The lowest BCUT2D eigenvalue weighted by Crippen LogP contribution is -2.16. The normalized spacial score (nSPS) is 10.4. The van der Waals surface area contributed by atoms with Crippen LogP contribution in [0.4, 0.5) is 11.4 Å². The molecule has 2 rings (SSSR count). The molecular weight excluding hydrogens is 268 g/mol. The van der Waals surface area contributed by atoms with E-state index in [-0.39, 0.29) is 5.97 Å². The molecule has 0 saturated heterocycles. The molecule has 0 aliphatic rings. The van der Waals surface area contributed by atoms with Crippen molar-refractivity contribution >= 4 is 17.3 Å². The zero-order valence-electron chi connectivity index (χ0n) is 12.3. The number of rotatable bonds is 6. The van der Waals surface area contributed by atoms with E-state index in [0.717, 1.165) is 18.7 Å². The van der Waals surface area contributed by atoms with E-state index >= 15 is 0 Å². The summed E-state index contributed by atoms with van der Waals surface area (Å²) in [5.41, 5.74) is 7.58. The summed E-state index contributed by atoms with van der Waals surface area (Å²) in [4.78, 5) is 18.0. The number of aryl methyl sites for hydroxylation is 1. The van der Waals surface area contributed by atoms with E-state index in [2.05, 4.69) is 4.98 Å². The van der Waals surface area contributed by atoms with Crippen molar-refractivity contribution in [3.63, 3.8) is 0 Å². The molecule has 0 radical (unpaired) electrons. The molecule has 6 nitrogen and oxygen atoms in total. The first-order valence-corrected chi connectivity index (χ1v) is 6.77. The summed E-state index contributed by atoms with van der Waals surface area (Å²) in [6, 6.07) is 5.23. The van der Waals surface area contributed by atoms with Gasteiger partial charge in [-0.3, -0.25) is 0 Å². The number of benzene rings is 1. The van der Waals surface area contributed by atoms with Gasteiger partial charge in [-0.1, -0.05) is 0 Å². The van der Waals surface area contributed by atoms with Crippen molar-refractivity contribution in [3.8, 4) is 0 Å². The summed E-state index contributed by atoms with van der Waals surface area (Å²) in [6.45, 7) is 1.13. The van der Waals surface area contributed by atoms with E-state index in [1.54, 1.807) is 24.7 Å². The first kappa shape index (κ1) is 14.9. The van der Waals surface area contributed by atoms with Gasteiger partial charge in [-0.05, 0) is 24.6 Å². The molecule has 6 heteroatoms. The third-order valence-corrected chi connectivity index (χ3v) is 3.08. The molecule has 0 aliphatic carbocycles. The first-order chi connectivity index (χ1) is 10.1. The van der Waals surface area contributed by atoms with Crippen LogP contribution in [0.2, 0.25) is 0 Å². The summed E-state index contributed by atoms with van der Waals surface area (Å²) in [5.74, 6) is -0.350. The van der Waals surface area contributed by atoms with Gasteiger partial charge in [0, 0.05) is 38.7 Å². The molecule has 0 spiro atoms. The Balaban J connectivity index is 1.92. The van der Waals surface area contributed by atoms with Gasteiger partial charge in [0.25, 0.3) is 0 Å². The van der Waals surface area contributed by atoms with Crippen LogP contribution >= 0.6 is 0 Å². The summed E-state index contributed by atoms with van der Waals surface area (Å²) >= 11 is 0. The molecule has 1 heterocycles. The Bertz CT molecular complexity index is 594. The molecule has 0 amide bonds. The van der Waals surface area contributed by atoms with Gasteiger partial charge >= 0.3 is 5.97 Å². The third-order valence-electron chi connectivity index (χ3n) is 3.08. The predicted octanol–water partition coefficient (Wildman–Crippen LogP) is 1.78. The van der Waals surface area contributed by atoms with E-state index < -0.39 is 0 Å². The van der Waals surface area contributed by atoms with E-state index in [1.807, 2.05) is 35.8 Å². The summed E-state index contributed by atoms with van der Waals surface area (Å²) in [6.07, 6.45) is 6.08. The van der Waals surface area contributed by atoms with Crippen LogP contribution in [0.25, 0.3) is 0 Å². The Morgan fingerprint density at radius 3 is 2.90 bits per heavy atom. The number of carbonyl (C=O) groups is 1. The van der Waals surface area contributed by atoms with Gasteiger partial charge in [-0.2, -0.15) is 0 Å². The highest BCUT2D eigenvalue weighted by Gasteiger charge is 2.14. The number of nitrogen functional groups attached to an aromatic ring is 1. The van der Waals surface area contributed by atoms with Crippen molar-refractivity contribution in [1.82, 2.24) is 9.55 Å². The zero-order chi connectivity index (χ0) is 15.2. The Labute approximate surface area is 124 Å². The van der Waals surface area contributed by atoms with Gasteiger partial charge in [0.2, 0.25) is 0 Å². The smallest absolute Gasteiger partial charge is 0.340 e. The number of anilines is 2. The average molecular weight is 288 g/mol. The van der Waals surface area contributed by atoms with Crippen LogP contribution in [0.1, 0.15) is 16.8 Å². The molecule has 0 fully saturated rings. The molecule has 2 N–H and O–H groups in total. The molecule has 1 aromatic heterocycles. The Morgan fingerprint density at radius 2 is 2.24 bits per heavy atom. The fourth-order valence-corrected chi connectivity index (χ4v) is 2.02. The number of aromatic nitrogens is 2. The van der Waals surface area contributed by atoms with Crippen LogP contribution in [0.15, 0.2) is 36.9 Å². The fraction of sp³-hybridized carbons (Fsp3) is 0.333. The highest BCUT2D eigenvalue weighted by molar-refractivity contribution is 5.96. The summed E-state index contributed by atoms with van der Waals surface area (Å²) in [7, 11) is 3.75. The zero-order valence-corrected chi connectivity index (χ0v) is 12.3. The quantitative estimate of drug-likeness (QED) is 0.498. The van der Waals surface area contributed by atoms with Crippen LogP contribution in [-0.4, -0.2) is 36.2 Å². The highest BCUT2D eigenvalue weighted by Crippen LogP contribution is 2.22. The lowest BCUT2D eigenvalue weighted by atomic mass is 10.1. The second-order valence-corrected chi connectivity index (χ2v) is 4.96. The standard InChI is InChI=1S/C15H20N4O2/c1-18(2)14-5-4-12(16)10-13(14)15(20)21-9-3-7-19-8-6-17-11-19/h4-6,8,10-11H,3,7,9,16H2,1-2H3. The van der Waals surface area contributed by atoms with E-state index in [0.29, 0.717) is 17.9 Å². The summed E-state index contributed by atoms with van der Waals surface area (Å²) < 4.78 is 7.26. The van der Waals surface area contributed by atoms with Crippen molar-refractivity contribution in [3.05, 3.63) is 42.5 Å². The van der Waals surface area contributed by atoms with Crippen molar-refractivity contribution in [2.45, 2.75) is 13.0 Å². The fourth-order valence-electron chi connectivity index (χ4n) is 2.02. The average Bonchev–Trinajstić information content (AvgIpc) is 2.96. The number of hydrogen-bond acceptors (Lipinski definition) is 5. The summed E-state index contributed by atoms with van der Waals surface area (Å²) in [5, 5.41) is 0. The second-order valence-electron chi connectivity index (χ2n) is 4.96. The number of imidazole rings is 1. The van der Waals surface area contributed by atoms with Gasteiger partial charge in [-0.15, -0.1) is 0 Å². The number of esters is 1. The number of hydrogen-bond donors (Lipinski definition) is 1. The van der Waals surface area contributed by atoms with Crippen LogP contribution < -0.4 is 10.6 Å². The Kier molecular flexibility index (Phi) is 4.81. The minimum absolute atomic E-state index is 0.350. The van der Waals surface area contributed by atoms with E-state index in [9.17, 15) is 4.79 Å². The maximum absolute atomic E-state index is 12.2. The molecule has 0 atom stereocenters. The van der Waals surface area contributed by atoms with Crippen LogP contribution in [0.3, 0.4) is 0 Å². The number of ether oxygens (including phenoxy) is 1. The van der Waals surface area contributed by atoms with Crippen LogP contribution in [0, 0.1) is 0 Å². The number of nitrogens with zero attached hydrogens (tertiary/aromatic N) is 3. The SMILES string of the molecule is CN(C)c1ccc(N)cc1C(=O)OCCCn1ccnc1. The van der Waals surface area contributed by atoms with Crippen LogP contribution in [0.5, 0.6) is 0 Å². The van der Waals surface area contributed by atoms with Crippen molar-refractivity contribution < 1.29 is 9.53 Å². The van der Waals surface area contributed by atoms with Crippen LogP contribution in [-0.2, 0) is 11.3 Å². The first-order valence-electron chi connectivity index (χ1n) is 6.77. The van der Waals surface area contributed by atoms with Crippen molar-refractivity contribution in [1.29, 1.82) is 0 Å². The topological polar surface area (TPSA) is 73.4 Å². The van der Waals surface area contributed by atoms with E-state index in [1.165, 1.54) is 0 Å². The largest absolute Gasteiger partial charge is 0.462 e. The Morgan fingerprint density at radius 1 is 1.43 bits per heavy atom. The minimum Gasteiger partial charge on any atom is -0.462 e. The van der Waals surface area contributed by atoms with Gasteiger partial charge < -0.3 is 19.9 Å². The monoisotopic (exact) mass is 288 g/mol. The van der Waals surface area contributed by atoms with Crippen molar-refractivity contribution in [2.24, 2.45) is 0 Å². The van der Waals surface area contributed by atoms with Gasteiger partial charge in [0.1, 0.15) is 0 Å². The third kappa shape index (κ3) is 3.98. The second kappa shape index (κ2) is 6.78. The van der Waals surface area contributed by atoms with Crippen molar-refractivity contribution in [2.75, 3.05) is 31.3 Å². The van der Waals surface area contributed by atoms with E-state index in [4.69, 9.17) is 10.5 Å². The maximum Gasteiger partial charge on any atom is 0.340 e. The lowest BCUT2D eigenvalue weighted by Gasteiger charge is -2.17. The molecule has 21 heavy (non-hydrogen) atoms.